The zero-order chi connectivity index (χ0) is 22.4. The highest BCUT2D eigenvalue weighted by Crippen LogP contribution is 2.37. The topological polar surface area (TPSA) is 120 Å². The number of hydrogen-bond acceptors (Lipinski definition) is 7. The zero-order valence-corrected chi connectivity index (χ0v) is 17.1. The number of carboxylic acids is 1. The lowest BCUT2D eigenvalue weighted by Gasteiger charge is -2.26. The molecular weight excluding hydrogens is 435 g/mol. The largest absolute Gasteiger partial charge is 0.480 e. The van der Waals surface area contributed by atoms with E-state index in [1.807, 2.05) is 4.90 Å². The van der Waals surface area contributed by atoms with Crippen molar-refractivity contribution in [2.75, 3.05) is 42.5 Å². The van der Waals surface area contributed by atoms with Crippen LogP contribution in [0, 0.1) is 0 Å². The van der Waals surface area contributed by atoms with Gasteiger partial charge in [0.15, 0.2) is 17.5 Å². The third-order valence-electron chi connectivity index (χ3n) is 4.48. The van der Waals surface area contributed by atoms with E-state index in [0.717, 1.165) is 6.07 Å². The molecule has 0 radical (unpaired) electrons. The molecule has 31 heavy (non-hydrogen) atoms. The molecule has 0 unspecified atom stereocenters. The van der Waals surface area contributed by atoms with Crippen LogP contribution >= 0.6 is 11.3 Å². The van der Waals surface area contributed by atoms with Gasteiger partial charge in [-0.15, -0.1) is 5.10 Å². The SMILES string of the molecule is N/C(=N\N=NCC(=O)O)c1cnc(N2CCCN(c3ccccc3C(F)(F)F)CC2)s1. The van der Waals surface area contributed by atoms with Crippen LogP contribution in [0.15, 0.2) is 45.9 Å². The van der Waals surface area contributed by atoms with E-state index >= 15 is 0 Å². The van der Waals surface area contributed by atoms with Crippen LogP contribution in [0.2, 0.25) is 0 Å². The van der Waals surface area contributed by atoms with Crippen LogP contribution in [-0.2, 0) is 11.0 Å². The highest BCUT2D eigenvalue weighted by Gasteiger charge is 2.35. The van der Waals surface area contributed by atoms with E-state index in [0.29, 0.717) is 42.6 Å². The average Bonchev–Trinajstić information content (AvgIpc) is 3.09. The minimum Gasteiger partial charge on any atom is -0.480 e. The average molecular weight is 455 g/mol. The van der Waals surface area contributed by atoms with Crippen molar-refractivity contribution in [1.29, 1.82) is 0 Å². The number of nitrogens with zero attached hydrogens (tertiary/aromatic N) is 6. The highest BCUT2D eigenvalue weighted by atomic mass is 32.1. The summed E-state index contributed by atoms with van der Waals surface area (Å²) in [6.07, 6.45) is -2.23. The van der Waals surface area contributed by atoms with Gasteiger partial charge in [-0.3, -0.25) is 4.79 Å². The first-order valence-electron chi connectivity index (χ1n) is 9.29. The Hall–Kier alpha value is -3.22. The van der Waals surface area contributed by atoms with Gasteiger partial charge < -0.3 is 20.6 Å². The van der Waals surface area contributed by atoms with Gasteiger partial charge in [0.2, 0.25) is 0 Å². The van der Waals surface area contributed by atoms with Crippen LogP contribution in [0.3, 0.4) is 0 Å². The minimum absolute atomic E-state index is 0.0495. The Morgan fingerprint density at radius 1 is 1.19 bits per heavy atom. The fraction of sp³-hybridized carbons (Fsp3) is 0.389. The molecule has 1 aromatic carbocycles. The number of carboxylic acid groups (broad SMARTS) is 1. The number of para-hydroxylation sites is 1. The van der Waals surface area contributed by atoms with E-state index in [1.165, 1.54) is 29.7 Å². The molecule has 3 N–H and O–H groups in total. The molecule has 13 heteroatoms. The summed E-state index contributed by atoms with van der Waals surface area (Å²) in [5.41, 5.74) is 5.37. The number of halogens is 3. The number of thiazole rings is 1. The van der Waals surface area contributed by atoms with E-state index < -0.39 is 24.3 Å². The van der Waals surface area contributed by atoms with E-state index in [4.69, 9.17) is 10.8 Å². The first-order chi connectivity index (χ1) is 14.8. The smallest absolute Gasteiger partial charge is 0.418 e. The van der Waals surface area contributed by atoms with Crippen LogP contribution in [-0.4, -0.2) is 54.6 Å². The van der Waals surface area contributed by atoms with Gasteiger partial charge in [0.1, 0.15) is 0 Å². The van der Waals surface area contributed by atoms with E-state index in [9.17, 15) is 18.0 Å². The number of hydrogen-bond donors (Lipinski definition) is 2. The third-order valence-corrected chi connectivity index (χ3v) is 5.56. The van der Waals surface area contributed by atoms with Gasteiger partial charge in [-0.05, 0) is 23.8 Å². The molecule has 0 atom stereocenters. The highest BCUT2D eigenvalue weighted by molar-refractivity contribution is 7.17. The fourth-order valence-electron chi connectivity index (χ4n) is 3.09. The van der Waals surface area contributed by atoms with E-state index in [1.54, 1.807) is 11.0 Å². The molecule has 0 aliphatic carbocycles. The van der Waals surface area contributed by atoms with Crippen LogP contribution in [0.5, 0.6) is 0 Å². The van der Waals surface area contributed by atoms with E-state index in [-0.39, 0.29) is 11.5 Å². The van der Waals surface area contributed by atoms with Crippen molar-refractivity contribution >= 4 is 34.0 Å². The number of amidine groups is 1. The molecule has 9 nitrogen and oxygen atoms in total. The molecule has 3 rings (SSSR count). The summed E-state index contributed by atoms with van der Waals surface area (Å²) < 4.78 is 40.1. The first-order valence-corrected chi connectivity index (χ1v) is 10.1. The first kappa shape index (κ1) is 22.5. The lowest BCUT2D eigenvalue weighted by Crippen LogP contribution is -2.31. The van der Waals surface area contributed by atoms with Gasteiger partial charge in [-0.2, -0.15) is 18.3 Å². The molecule has 1 aliphatic rings. The molecule has 2 aromatic rings. The number of anilines is 2. The summed E-state index contributed by atoms with van der Waals surface area (Å²) >= 11 is 1.27. The molecule has 0 saturated carbocycles. The number of rotatable bonds is 6. The maximum Gasteiger partial charge on any atom is 0.418 e. The van der Waals surface area contributed by atoms with Crippen LogP contribution in [0.25, 0.3) is 0 Å². The quantitative estimate of drug-likeness (QED) is 0.299. The lowest BCUT2D eigenvalue weighted by molar-refractivity contribution is -0.137. The van der Waals surface area contributed by atoms with Crippen LogP contribution < -0.4 is 15.5 Å². The Morgan fingerprint density at radius 3 is 2.65 bits per heavy atom. The number of alkyl halides is 3. The minimum atomic E-state index is -4.41. The molecule has 1 fully saturated rings. The molecule has 2 heterocycles. The van der Waals surface area contributed by atoms with Crippen molar-refractivity contribution in [3.05, 3.63) is 40.9 Å². The van der Waals surface area contributed by atoms with Gasteiger partial charge in [0.25, 0.3) is 0 Å². The Bertz CT molecular complexity index is 977. The number of nitrogens with two attached hydrogens (primary N) is 1. The number of aromatic nitrogens is 1. The monoisotopic (exact) mass is 455 g/mol. The second-order valence-electron chi connectivity index (χ2n) is 6.62. The molecule has 1 aliphatic heterocycles. The number of benzene rings is 1. The standard InChI is InChI=1S/C18H20F3N7O2S/c19-18(20,21)12-4-1-2-5-13(12)27-6-3-7-28(9-8-27)17-23-10-14(31-17)16(22)25-26-24-11-15(29)30/h1-2,4-5,10H,3,6-9,11H2,(H,29,30)(H2,22,24,25). The van der Waals surface area contributed by atoms with Crippen molar-refractivity contribution < 1.29 is 23.1 Å². The number of aliphatic carboxylic acids is 1. The predicted molar refractivity (Wildman–Crippen MR) is 111 cm³/mol. The van der Waals surface area contributed by atoms with E-state index in [2.05, 4.69) is 20.4 Å². The lowest BCUT2D eigenvalue weighted by atomic mass is 10.1. The maximum absolute atomic E-state index is 13.4. The molecule has 166 valence electrons. The summed E-state index contributed by atoms with van der Waals surface area (Å²) in [6.45, 7) is 1.53. The summed E-state index contributed by atoms with van der Waals surface area (Å²) in [4.78, 5) is 19.0. The molecule has 0 bridgehead atoms. The molecule has 0 amide bonds. The summed E-state index contributed by atoms with van der Waals surface area (Å²) in [6, 6.07) is 5.59. The second kappa shape index (κ2) is 9.73. The summed E-state index contributed by atoms with van der Waals surface area (Å²) in [7, 11) is 0. The van der Waals surface area contributed by atoms with Gasteiger partial charge >= 0.3 is 12.1 Å². The van der Waals surface area contributed by atoms with Crippen LogP contribution in [0.4, 0.5) is 24.0 Å². The normalized spacial score (nSPS) is 16.0. The molecule has 0 spiro atoms. The molecule has 1 aromatic heterocycles. The zero-order valence-electron chi connectivity index (χ0n) is 16.3. The Kier molecular flexibility index (Phi) is 7.05. The van der Waals surface area contributed by atoms with Gasteiger partial charge in [0, 0.05) is 31.9 Å². The van der Waals surface area contributed by atoms with Gasteiger partial charge in [-0.1, -0.05) is 23.5 Å². The maximum atomic E-state index is 13.4. The van der Waals surface area contributed by atoms with Crippen molar-refractivity contribution in [1.82, 2.24) is 4.98 Å². The Morgan fingerprint density at radius 2 is 1.90 bits per heavy atom. The van der Waals surface area contributed by atoms with Crippen LogP contribution in [0.1, 0.15) is 16.9 Å². The van der Waals surface area contributed by atoms with Crippen molar-refractivity contribution in [2.45, 2.75) is 12.6 Å². The predicted octanol–water partition coefficient (Wildman–Crippen LogP) is 3.04. The third kappa shape index (κ3) is 5.90. The van der Waals surface area contributed by atoms with Gasteiger partial charge in [0.05, 0.1) is 16.6 Å². The molecule has 1 saturated heterocycles. The Balaban J connectivity index is 1.68. The summed E-state index contributed by atoms with van der Waals surface area (Å²) in [5, 5.41) is 19.6. The van der Waals surface area contributed by atoms with Crippen molar-refractivity contribution in [3.8, 4) is 0 Å². The molecular formula is C18H20F3N7O2S. The number of carbonyl (C=O) groups is 1. The fourth-order valence-corrected chi connectivity index (χ4v) is 3.95. The van der Waals surface area contributed by atoms with Crippen molar-refractivity contribution in [2.24, 2.45) is 21.2 Å². The summed E-state index contributed by atoms with van der Waals surface area (Å²) in [5.74, 6) is -1.08. The Labute approximate surface area is 179 Å². The second-order valence-corrected chi connectivity index (χ2v) is 7.63. The van der Waals surface area contributed by atoms with Gasteiger partial charge in [-0.25, -0.2) is 4.98 Å². The van der Waals surface area contributed by atoms with Crippen molar-refractivity contribution in [3.63, 3.8) is 0 Å².